The number of rotatable bonds is 5. The van der Waals surface area contributed by atoms with Crippen LogP contribution in [0, 0.1) is 13.8 Å². The summed E-state index contributed by atoms with van der Waals surface area (Å²) in [5, 5.41) is 5.98. The number of amides is 4. The first-order valence-corrected chi connectivity index (χ1v) is 12.0. The van der Waals surface area contributed by atoms with Crippen molar-refractivity contribution in [1.29, 1.82) is 0 Å². The van der Waals surface area contributed by atoms with E-state index < -0.39 is 17.5 Å². The lowest BCUT2D eigenvalue weighted by Gasteiger charge is -2.29. The van der Waals surface area contributed by atoms with Gasteiger partial charge in [0.2, 0.25) is 5.91 Å². The first-order chi connectivity index (χ1) is 16.9. The Labute approximate surface area is 205 Å². The van der Waals surface area contributed by atoms with E-state index in [9.17, 15) is 14.4 Å². The second-order valence-corrected chi connectivity index (χ2v) is 9.45. The SMILES string of the molecule is Cc1ccc(C2(c3ccccc3)NC(=O)N(CC(=O)NC3CCCc4ccccc43)C2=O)cc1C. The molecule has 178 valence electrons. The molecular weight excluding hydrogens is 438 g/mol. The Morgan fingerprint density at radius 3 is 2.49 bits per heavy atom. The average molecular weight is 468 g/mol. The van der Waals surface area contributed by atoms with Crippen LogP contribution in [0.5, 0.6) is 0 Å². The highest BCUT2D eigenvalue weighted by atomic mass is 16.2. The van der Waals surface area contributed by atoms with Crippen molar-refractivity contribution >= 4 is 17.8 Å². The summed E-state index contributed by atoms with van der Waals surface area (Å²) >= 11 is 0. The predicted molar refractivity (Wildman–Crippen MR) is 134 cm³/mol. The van der Waals surface area contributed by atoms with Gasteiger partial charge < -0.3 is 10.6 Å². The van der Waals surface area contributed by atoms with Gasteiger partial charge in [-0.25, -0.2) is 4.79 Å². The standard InChI is InChI=1S/C29H29N3O3/c1-19-15-16-23(17-20(19)2)29(22-11-4-3-5-12-22)27(34)32(28(35)31-29)18-26(33)30-25-14-8-10-21-9-6-7-13-24(21)25/h3-7,9,11-13,15-17,25H,8,10,14,18H2,1-2H3,(H,30,33)(H,31,35). The van der Waals surface area contributed by atoms with Crippen molar-refractivity contribution in [3.8, 4) is 0 Å². The average Bonchev–Trinajstić information content (AvgIpc) is 3.12. The number of fused-ring (bicyclic) bond motifs is 1. The first kappa shape index (κ1) is 22.8. The smallest absolute Gasteiger partial charge is 0.326 e. The predicted octanol–water partition coefficient (Wildman–Crippen LogP) is 4.29. The molecule has 1 aliphatic carbocycles. The zero-order valence-corrected chi connectivity index (χ0v) is 20.0. The highest BCUT2D eigenvalue weighted by Crippen LogP contribution is 2.37. The summed E-state index contributed by atoms with van der Waals surface area (Å²) in [5.41, 5.74) is 4.41. The Morgan fingerprint density at radius 1 is 0.971 bits per heavy atom. The maximum atomic E-state index is 13.9. The van der Waals surface area contributed by atoms with Crippen molar-refractivity contribution in [3.63, 3.8) is 0 Å². The lowest BCUT2D eigenvalue weighted by molar-refractivity contribution is -0.134. The number of aryl methyl sites for hydroxylation is 3. The van der Waals surface area contributed by atoms with Crippen LogP contribution in [0.15, 0.2) is 72.8 Å². The molecule has 0 aromatic heterocycles. The summed E-state index contributed by atoms with van der Waals surface area (Å²) in [4.78, 5) is 41.2. The van der Waals surface area contributed by atoms with Gasteiger partial charge in [0.15, 0.2) is 5.54 Å². The molecule has 4 amide bonds. The molecule has 1 aliphatic heterocycles. The van der Waals surface area contributed by atoms with Crippen LogP contribution in [-0.4, -0.2) is 29.3 Å². The fraction of sp³-hybridized carbons (Fsp3) is 0.276. The van der Waals surface area contributed by atoms with Crippen molar-refractivity contribution in [2.75, 3.05) is 6.54 Å². The summed E-state index contributed by atoms with van der Waals surface area (Å²) in [5.74, 6) is -0.796. The molecule has 1 fully saturated rings. The Hall–Kier alpha value is -3.93. The number of nitrogens with one attached hydrogen (secondary N) is 2. The minimum atomic E-state index is -1.38. The maximum Gasteiger partial charge on any atom is 0.326 e. The van der Waals surface area contributed by atoms with E-state index in [1.165, 1.54) is 5.56 Å². The van der Waals surface area contributed by atoms with Gasteiger partial charge in [0, 0.05) is 0 Å². The number of hydrogen-bond donors (Lipinski definition) is 2. The van der Waals surface area contributed by atoms with Crippen molar-refractivity contribution in [3.05, 3.63) is 106 Å². The van der Waals surface area contributed by atoms with Crippen LogP contribution in [0.2, 0.25) is 0 Å². The quantitative estimate of drug-likeness (QED) is 0.550. The summed E-state index contributed by atoms with van der Waals surface area (Å²) in [7, 11) is 0. The molecule has 35 heavy (non-hydrogen) atoms. The summed E-state index contributed by atoms with van der Waals surface area (Å²) in [6, 6.07) is 22.4. The van der Waals surface area contributed by atoms with Gasteiger partial charge in [0.25, 0.3) is 5.91 Å². The number of hydrogen-bond acceptors (Lipinski definition) is 3. The Morgan fingerprint density at radius 2 is 1.71 bits per heavy atom. The van der Waals surface area contributed by atoms with Gasteiger partial charge in [0.1, 0.15) is 6.54 Å². The minimum Gasteiger partial charge on any atom is -0.348 e. The van der Waals surface area contributed by atoms with Gasteiger partial charge in [-0.3, -0.25) is 14.5 Å². The molecule has 6 nitrogen and oxygen atoms in total. The number of benzene rings is 3. The van der Waals surface area contributed by atoms with Gasteiger partial charge in [-0.1, -0.05) is 72.8 Å². The van der Waals surface area contributed by atoms with Crippen molar-refractivity contribution in [2.45, 2.75) is 44.7 Å². The fourth-order valence-electron chi connectivity index (χ4n) is 5.23. The highest BCUT2D eigenvalue weighted by Gasteiger charge is 2.54. The van der Waals surface area contributed by atoms with Gasteiger partial charge in [-0.2, -0.15) is 0 Å². The molecule has 6 heteroatoms. The maximum absolute atomic E-state index is 13.9. The van der Waals surface area contributed by atoms with Crippen LogP contribution in [0.4, 0.5) is 4.79 Å². The number of urea groups is 1. The molecule has 1 saturated heterocycles. The molecule has 0 bridgehead atoms. The molecule has 2 aliphatic rings. The van der Waals surface area contributed by atoms with E-state index in [2.05, 4.69) is 16.7 Å². The van der Waals surface area contributed by atoms with E-state index in [4.69, 9.17) is 0 Å². The lowest BCUT2D eigenvalue weighted by atomic mass is 9.81. The van der Waals surface area contributed by atoms with Crippen LogP contribution in [0.3, 0.4) is 0 Å². The summed E-state index contributed by atoms with van der Waals surface area (Å²) in [6.07, 6.45) is 2.81. The van der Waals surface area contributed by atoms with Crippen LogP contribution >= 0.6 is 0 Å². The summed E-state index contributed by atoms with van der Waals surface area (Å²) in [6.45, 7) is 3.65. The number of imide groups is 1. The second kappa shape index (κ2) is 9.02. The summed E-state index contributed by atoms with van der Waals surface area (Å²) < 4.78 is 0. The fourth-order valence-corrected chi connectivity index (χ4v) is 5.23. The zero-order chi connectivity index (χ0) is 24.6. The van der Waals surface area contributed by atoms with Gasteiger partial charge >= 0.3 is 6.03 Å². The van der Waals surface area contributed by atoms with Gasteiger partial charge in [0.05, 0.1) is 6.04 Å². The normalized spacial score (nSPS) is 21.4. The molecule has 3 aromatic rings. The number of carbonyl (C=O) groups excluding carboxylic acids is 3. The molecule has 0 spiro atoms. The first-order valence-electron chi connectivity index (χ1n) is 12.0. The van der Waals surface area contributed by atoms with Crippen LogP contribution in [0.25, 0.3) is 0 Å². The molecule has 2 N–H and O–H groups in total. The minimum absolute atomic E-state index is 0.119. The van der Waals surface area contributed by atoms with E-state index in [1.54, 1.807) is 0 Å². The third kappa shape index (κ3) is 3.99. The van der Waals surface area contributed by atoms with Crippen LogP contribution in [-0.2, 0) is 21.5 Å². The topological polar surface area (TPSA) is 78.5 Å². The van der Waals surface area contributed by atoms with Crippen LogP contribution < -0.4 is 10.6 Å². The molecule has 2 atom stereocenters. The Balaban J connectivity index is 1.44. The number of nitrogens with zero attached hydrogens (tertiary/aromatic N) is 1. The number of carbonyl (C=O) groups is 3. The molecule has 0 saturated carbocycles. The van der Waals surface area contributed by atoms with Crippen molar-refractivity contribution < 1.29 is 14.4 Å². The Bertz CT molecular complexity index is 1300. The lowest BCUT2D eigenvalue weighted by Crippen LogP contribution is -2.46. The monoisotopic (exact) mass is 467 g/mol. The highest BCUT2D eigenvalue weighted by molar-refractivity contribution is 6.11. The third-order valence-corrected chi connectivity index (χ3v) is 7.26. The molecule has 0 radical (unpaired) electrons. The molecule has 1 heterocycles. The molecule has 2 unspecified atom stereocenters. The largest absolute Gasteiger partial charge is 0.348 e. The van der Waals surface area contributed by atoms with E-state index in [0.717, 1.165) is 40.9 Å². The van der Waals surface area contributed by atoms with Crippen molar-refractivity contribution in [1.82, 2.24) is 15.5 Å². The third-order valence-electron chi connectivity index (χ3n) is 7.26. The van der Waals surface area contributed by atoms with Gasteiger partial charge in [-0.15, -0.1) is 0 Å². The zero-order valence-electron chi connectivity index (χ0n) is 20.0. The van der Waals surface area contributed by atoms with Crippen LogP contribution in [0.1, 0.15) is 52.3 Å². The van der Waals surface area contributed by atoms with E-state index in [0.29, 0.717) is 11.1 Å². The molecule has 5 rings (SSSR count). The molecular formula is C29H29N3O3. The van der Waals surface area contributed by atoms with Gasteiger partial charge in [-0.05, 0) is 66.5 Å². The second-order valence-electron chi connectivity index (χ2n) is 9.45. The van der Waals surface area contributed by atoms with E-state index in [1.807, 2.05) is 80.6 Å². The molecule has 3 aromatic carbocycles. The van der Waals surface area contributed by atoms with E-state index in [-0.39, 0.29) is 18.5 Å². The van der Waals surface area contributed by atoms with Crippen molar-refractivity contribution in [2.24, 2.45) is 0 Å². The Kier molecular flexibility index (Phi) is 5.89. The van der Waals surface area contributed by atoms with E-state index >= 15 is 0 Å².